The number of aryl methyl sites for hydroxylation is 2. The van der Waals surface area contributed by atoms with E-state index in [2.05, 4.69) is 21.3 Å². The molecule has 1 unspecified atom stereocenters. The van der Waals surface area contributed by atoms with Crippen LogP contribution in [0.1, 0.15) is 28.3 Å². The summed E-state index contributed by atoms with van der Waals surface area (Å²) in [5, 5.41) is 3.24. The second-order valence-corrected chi connectivity index (χ2v) is 5.79. The largest absolute Gasteiger partial charge is 0.465 e. The summed E-state index contributed by atoms with van der Waals surface area (Å²) in [6.07, 6.45) is 0. The van der Waals surface area contributed by atoms with Gasteiger partial charge in [0.1, 0.15) is 16.5 Å². The van der Waals surface area contributed by atoms with Crippen LogP contribution in [0.5, 0.6) is 0 Å². The van der Waals surface area contributed by atoms with E-state index < -0.39 is 0 Å². The highest BCUT2D eigenvalue weighted by Gasteiger charge is 2.27. The number of ether oxygens (including phenoxy) is 1. The molecule has 1 atom stereocenters. The van der Waals surface area contributed by atoms with E-state index in [1.54, 1.807) is 11.3 Å². The summed E-state index contributed by atoms with van der Waals surface area (Å²) in [5.41, 5.74) is 1.08. The van der Waals surface area contributed by atoms with Gasteiger partial charge in [-0.2, -0.15) is 0 Å². The molecule has 3 heterocycles. The van der Waals surface area contributed by atoms with Crippen LogP contribution in [0.15, 0.2) is 21.9 Å². The van der Waals surface area contributed by atoms with Crippen molar-refractivity contribution in [3.05, 3.63) is 39.7 Å². The van der Waals surface area contributed by atoms with Gasteiger partial charge in [-0.25, -0.2) is 4.98 Å². The van der Waals surface area contributed by atoms with Crippen LogP contribution in [0.2, 0.25) is 0 Å². The van der Waals surface area contributed by atoms with Crippen molar-refractivity contribution in [2.24, 2.45) is 0 Å². The monoisotopic (exact) mass is 278 g/mol. The third-order valence-electron chi connectivity index (χ3n) is 3.32. The molecule has 0 spiro atoms. The predicted molar refractivity (Wildman–Crippen MR) is 74.3 cm³/mol. The molecular formula is C14H18N2O2S. The van der Waals surface area contributed by atoms with Gasteiger partial charge in [0.05, 0.1) is 25.8 Å². The van der Waals surface area contributed by atoms with Crippen molar-refractivity contribution in [1.82, 2.24) is 9.88 Å². The fraction of sp³-hybridized carbons (Fsp3) is 0.500. The fourth-order valence-corrected chi connectivity index (χ4v) is 3.27. The summed E-state index contributed by atoms with van der Waals surface area (Å²) in [6, 6.07) is 4.31. The fourth-order valence-electron chi connectivity index (χ4n) is 2.35. The molecule has 1 saturated heterocycles. The highest BCUT2D eigenvalue weighted by Crippen LogP contribution is 2.28. The van der Waals surface area contributed by atoms with Gasteiger partial charge in [0.25, 0.3) is 0 Å². The van der Waals surface area contributed by atoms with E-state index in [4.69, 9.17) is 9.15 Å². The van der Waals surface area contributed by atoms with Crippen LogP contribution in [0, 0.1) is 13.8 Å². The number of hydrogen-bond donors (Lipinski definition) is 0. The minimum Gasteiger partial charge on any atom is -0.465 e. The normalized spacial score (nSPS) is 20.8. The third-order valence-corrected chi connectivity index (χ3v) is 4.38. The van der Waals surface area contributed by atoms with Crippen LogP contribution in [0.3, 0.4) is 0 Å². The van der Waals surface area contributed by atoms with Gasteiger partial charge in [0.2, 0.25) is 0 Å². The van der Waals surface area contributed by atoms with Crippen LogP contribution in [-0.2, 0) is 11.3 Å². The van der Waals surface area contributed by atoms with Gasteiger partial charge in [-0.1, -0.05) is 0 Å². The van der Waals surface area contributed by atoms with Gasteiger partial charge < -0.3 is 9.15 Å². The van der Waals surface area contributed by atoms with Gasteiger partial charge >= 0.3 is 0 Å². The van der Waals surface area contributed by atoms with E-state index >= 15 is 0 Å². The van der Waals surface area contributed by atoms with Crippen LogP contribution in [0.25, 0.3) is 0 Å². The van der Waals surface area contributed by atoms with E-state index in [1.165, 1.54) is 0 Å². The first kappa shape index (κ1) is 12.8. The average molecular weight is 278 g/mol. The Morgan fingerprint density at radius 3 is 3.00 bits per heavy atom. The molecule has 1 aliphatic heterocycles. The Balaban J connectivity index is 1.77. The quantitative estimate of drug-likeness (QED) is 0.865. The SMILES string of the molecule is Cc1csc(C2COCCN2Cc2ccc(C)o2)n1. The van der Waals surface area contributed by atoms with Crippen molar-refractivity contribution >= 4 is 11.3 Å². The molecule has 4 nitrogen and oxygen atoms in total. The molecule has 0 saturated carbocycles. The van der Waals surface area contributed by atoms with Crippen LogP contribution in [0.4, 0.5) is 0 Å². The van der Waals surface area contributed by atoms with Crippen molar-refractivity contribution in [1.29, 1.82) is 0 Å². The van der Waals surface area contributed by atoms with E-state index in [0.717, 1.165) is 41.9 Å². The number of morpholine rings is 1. The molecule has 0 aliphatic carbocycles. The molecule has 1 aliphatic rings. The molecule has 0 bridgehead atoms. The Kier molecular flexibility index (Phi) is 3.68. The summed E-state index contributed by atoms with van der Waals surface area (Å²) in [7, 11) is 0. The Hall–Kier alpha value is -1.17. The standard InChI is InChI=1S/C14H18N2O2S/c1-10-9-19-14(15-10)13-8-17-6-5-16(13)7-12-4-3-11(2)18-12/h3-4,9,13H,5-8H2,1-2H3. The van der Waals surface area contributed by atoms with Gasteiger partial charge in [-0.15, -0.1) is 11.3 Å². The minimum absolute atomic E-state index is 0.248. The summed E-state index contributed by atoms with van der Waals surface area (Å²) in [4.78, 5) is 6.99. The number of hydrogen-bond acceptors (Lipinski definition) is 5. The topological polar surface area (TPSA) is 38.5 Å². The Labute approximate surface area is 117 Å². The summed E-state index contributed by atoms with van der Waals surface area (Å²) < 4.78 is 11.3. The molecule has 19 heavy (non-hydrogen) atoms. The first-order valence-corrected chi connectivity index (χ1v) is 7.39. The number of aromatic nitrogens is 1. The van der Waals surface area contributed by atoms with Crippen molar-refractivity contribution in [2.45, 2.75) is 26.4 Å². The second-order valence-electron chi connectivity index (χ2n) is 4.90. The van der Waals surface area contributed by atoms with Crippen molar-refractivity contribution in [2.75, 3.05) is 19.8 Å². The molecule has 3 rings (SSSR count). The van der Waals surface area contributed by atoms with E-state index in [-0.39, 0.29) is 6.04 Å². The molecule has 2 aromatic rings. The maximum Gasteiger partial charge on any atom is 0.118 e. The lowest BCUT2D eigenvalue weighted by Crippen LogP contribution is -2.38. The lowest BCUT2D eigenvalue weighted by molar-refractivity contribution is -0.0155. The zero-order valence-electron chi connectivity index (χ0n) is 11.3. The summed E-state index contributed by atoms with van der Waals surface area (Å²) in [6.45, 7) is 7.24. The van der Waals surface area contributed by atoms with Gasteiger partial charge in [0.15, 0.2) is 0 Å². The summed E-state index contributed by atoms with van der Waals surface area (Å²) >= 11 is 1.71. The zero-order valence-corrected chi connectivity index (χ0v) is 12.1. The minimum atomic E-state index is 0.248. The lowest BCUT2D eigenvalue weighted by Gasteiger charge is -2.33. The Bertz CT molecular complexity index is 549. The predicted octanol–water partition coefficient (Wildman–Crippen LogP) is 2.93. The number of rotatable bonds is 3. The van der Waals surface area contributed by atoms with Crippen molar-refractivity contribution in [3.8, 4) is 0 Å². The molecule has 0 N–H and O–H groups in total. The summed E-state index contributed by atoms with van der Waals surface area (Å²) in [5.74, 6) is 1.97. The van der Waals surface area contributed by atoms with Crippen LogP contribution >= 0.6 is 11.3 Å². The molecule has 102 valence electrons. The van der Waals surface area contributed by atoms with Gasteiger partial charge in [-0.05, 0) is 26.0 Å². The van der Waals surface area contributed by atoms with Crippen LogP contribution < -0.4 is 0 Å². The first-order chi connectivity index (χ1) is 9.22. The highest BCUT2D eigenvalue weighted by atomic mass is 32.1. The van der Waals surface area contributed by atoms with Gasteiger partial charge in [0, 0.05) is 17.6 Å². The Morgan fingerprint density at radius 1 is 1.42 bits per heavy atom. The smallest absolute Gasteiger partial charge is 0.118 e. The van der Waals surface area contributed by atoms with Crippen molar-refractivity contribution in [3.63, 3.8) is 0 Å². The second kappa shape index (κ2) is 5.45. The van der Waals surface area contributed by atoms with Crippen molar-refractivity contribution < 1.29 is 9.15 Å². The molecule has 0 radical (unpaired) electrons. The Morgan fingerprint density at radius 2 is 2.32 bits per heavy atom. The van der Waals surface area contributed by atoms with E-state index in [9.17, 15) is 0 Å². The number of furan rings is 1. The van der Waals surface area contributed by atoms with E-state index in [0.29, 0.717) is 6.61 Å². The third kappa shape index (κ3) is 2.88. The molecule has 1 fully saturated rings. The molecule has 5 heteroatoms. The zero-order chi connectivity index (χ0) is 13.2. The maximum atomic E-state index is 5.68. The number of nitrogens with zero attached hydrogens (tertiary/aromatic N) is 2. The number of thiazole rings is 1. The van der Waals surface area contributed by atoms with Gasteiger partial charge in [-0.3, -0.25) is 4.90 Å². The molecule has 0 amide bonds. The maximum absolute atomic E-state index is 5.68. The van der Waals surface area contributed by atoms with E-state index in [1.807, 2.05) is 19.9 Å². The van der Waals surface area contributed by atoms with Crippen LogP contribution in [-0.4, -0.2) is 29.6 Å². The lowest BCUT2D eigenvalue weighted by atomic mass is 10.2. The molecular weight excluding hydrogens is 260 g/mol. The molecule has 2 aromatic heterocycles. The first-order valence-electron chi connectivity index (χ1n) is 6.51. The highest BCUT2D eigenvalue weighted by molar-refractivity contribution is 7.09. The average Bonchev–Trinajstić information content (AvgIpc) is 2.99. The molecule has 0 aromatic carbocycles.